The Morgan fingerprint density at radius 1 is 1.19 bits per heavy atom. The fourth-order valence-corrected chi connectivity index (χ4v) is 3.47. The second-order valence-corrected chi connectivity index (χ2v) is 6.05. The number of rotatable bonds is 7. The fourth-order valence-electron chi connectivity index (χ4n) is 1.44. The molecule has 0 fully saturated rings. The van der Waals surface area contributed by atoms with E-state index in [-0.39, 0.29) is 0 Å². The molecule has 16 heavy (non-hydrogen) atoms. The lowest BCUT2D eigenvalue weighted by atomic mass is 10.4. The smallest absolute Gasteiger partial charge is 0.373 e. The van der Waals surface area contributed by atoms with E-state index in [0.29, 0.717) is 6.61 Å². The van der Waals surface area contributed by atoms with Gasteiger partial charge in [0.05, 0.1) is 0 Å². The third-order valence-corrected chi connectivity index (χ3v) is 4.98. The average molecular weight is 238 g/mol. The van der Waals surface area contributed by atoms with Gasteiger partial charge in [-0.25, -0.2) is 0 Å². The maximum atomic E-state index is 5.78. The molecule has 0 bridgehead atoms. The first-order chi connectivity index (χ1) is 7.79. The third-order valence-electron chi connectivity index (χ3n) is 2.28. The average Bonchev–Trinajstić information content (AvgIpc) is 2.36. The highest BCUT2D eigenvalue weighted by Crippen LogP contribution is 2.08. The maximum absolute atomic E-state index is 5.78. The van der Waals surface area contributed by atoms with Crippen LogP contribution in [0.25, 0.3) is 0 Å². The van der Waals surface area contributed by atoms with E-state index in [4.69, 9.17) is 13.3 Å². The van der Waals surface area contributed by atoms with E-state index in [1.807, 2.05) is 36.4 Å². The number of hydrogen-bond donors (Lipinski definition) is 0. The molecule has 1 aromatic carbocycles. The van der Waals surface area contributed by atoms with Crippen molar-refractivity contribution in [3.05, 3.63) is 43.0 Å². The monoisotopic (exact) mass is 238 g/mol. The van der Waals surface area contributed by atoms with Gasteiger partial charge in [-0.3, -0.25) is 0 Å². The first-order valence-corrected chi connectivity index (χ1v) is 6.92. The van der Waals surface area contributed by atoms with Gasteiger partial charge in [0.1, 0.15) is 0 Å². The summed E-state index contributed by atoms with van der Waals surface area (Å²) in [6.07, 6.45) is 2.60. The Morgan fingerprint density at radius 3 is 2.31 bits per heavy atom. The molecule has 0 heterocycles. The topological polar surface area (TPSA) is 27.7 Å². The molecule has 0 aliphatic carbocycles. The van der Waals surface area contributed by atoms with Gasteiger partial charge in [0.2, 0.25) is 0 Å². The Labute approximate surface area is 98.0 Å². The van der Waals surface area contributed by atoms with E-state index < -0.39 is 8.80 Å². The highest BCUT2D eigenvalue weighted by Gasteiger charge is 2.41. The minimum absolute atomic E-state index is 0.562. The van der Waals surface area contributed by atoms with E-state index in [0.717, 1.165) is 11.6 Å². The van der Waals surface area contributed by atoms with Crippen molar-refractivity contribution < 1.29 is 13.3 Å². The molecule has 0 radical (unpaired) electrons. The van der Waals surface area contributed by atoms with Gasteiger partial charge >= 0.3 is 8.80 Å². The van der Waals surface area contributed by atoms with Crippen LogP contribution in [0.3, 0.4) is 0 Å². The van der Waals surface area contributed by atoms with E-state index in [2.05, 4.69) is 6.58 Å². The van der Waals surface area contributed by atoms with Crippen molar-refractivity contribution in [3.63, 3.8) is 0 Å². The van der Waals surface area contributed by atoms with Crippen molar-refractivity contribution in [2.45, 2.75) is 6.42 Å². The van der Waals surface area contributed by atoms with Crippen molar-refractivity contribution in [3.8, 4) is 0 Å². The molecule has 0 aromatic heterocycles. The predicted molar refractivity (Wildman–Crippen MR) is 66.6 cm³/mol. The van der Waals surface area contributed by atoms with Gasteiger partial charge in [-0.15, -0.1) is 6.58 Å². The van der Waals surface area contributed by atoms with Gasteiger partial charge < -0.3 is 13.3 Å². The fraction of sp³-hybridized carbons (Fsp3) is 0.333. The van der Waals surface area contributed by atoms with E-state index in [1.165, 1.54) is 0 Å². The first kappa shape index (κ1) is 13.1. The van der Waals surface area contributed by atoms with Crippen LogP contribution in [-0.4, -0.2) is 29.6 Å². The molecule has 88 valence electrons. The molecule has 3 nitrogen and oxygen atoms in total. The van der Waals surface area contributed by atoms with Crippen LogP contribution in [0.2, 0.25) is 0 Å². The molecule has 1 rings (SSSR count). The van der Waals surface area contributed by atoms with Crippen LogP contribution in [0.15, 0.2) is 43.0 Å². The quantitative estimate of drug-likeness (QED) is 0.411. The van der Waals surface area contributed by atoms with E-state index in [1.54, 1.807) is 14.2 Å². The van der Waals surface area contributed by atoms with Gasteiger partial charge in [0.15, 0.2) is 0 Å². The van der Waals surface area contributed by atoms with Crippen molar-refractivity contribution in [2.75, 3.05) is 20.8 Å². The molecule has 0 amide bonds. The van der Waals surface area contributed by atoms with E-state index in [9.17, 15) is 0 Å². The van der Waals surface area contributed by atoms with E-state index >= 15 is 0 Å². The molecule has 0 saturated carbocycles. The SMILES string of the molecule is C=CCCO[Si](OC)(OC)c1ccccc1. The second kappa shape index (κ2) is 6.60. The molecule has 0 aliphatic heterocycles. The van der Waals surface area contributed by atoms with Crippen LogP contribution in [-0.2, 0) is 13.3 Å². The Hall–Kier alpha value is -0.943. The molecule has 0 unspecified atom stereocenters. The highest BCUT2D eigenvalue weighted by molar-refractivity contribution is 6.75. The zero-order valence-electron chi connectivity index (χ0n) is 9.81. The molecule has 1 aromatic rings. The minimum Gasteiger partial charge on any atom is -0.373 e. The Kier molecular flexibility index (Phi) is 5.41. The van der Waals surface area contributed by atoms with Crippen molar-refractivity contribution in [1.82, 2.24) is 0 Å². The molecule has 0 aliphatic rings. The third kappa shape index (κ3) is 3.02. The molecular weight excluding hydrogens is 220 g/mol. The predicted octanol–water partition coefficient (Wildman–Crippen LogP) is 1.72. The Morgan fingerprint density at radius 2 is 1.81 bits per heavy atom. The summed E-state index contributed by atoms with van der Waals surface area (Å²) in [7, 11) is 0.539. The zero-order chi connectivity index (χ0) is 11.9. The summed E-state index contributed by atoms with van der Waals surface area (Å²) in [6, 6.07) is 9.79. The normalized spacial score (nSPS) is 11.4. The van der Waals surface area contributed by atoms with Gasteiger partial charge in [-0.2, -0.15) is 0 Å². The van der Waals surface area contributed by atoms with Crippen LogP contribution in [0, 0.1) is 0 Å². The van der Waals surface area contributed by atoms with Gasteiger partial charge in [0.25, 0.3) is 0 Å². The summed E-state index contributed by atoms with van der Waals surface area (Å²) in [5.41, 5.74) is 0. The zero-order valence-corrected chi connectivity index (χ0v) is 10.8. The lowest BCUT2D eigenvalue weighted by molar-refractivity contribution is 0.116. The summed E-state index contributed by atoms with van der Waals surface area (Å²) in [6.45, 7) is 4.22. The number of hydrogen-bond acceptors (Lipinski definition) is 3. The summed E-state index contributed by atoms with van der Waals surface area (Å²) in [4.78, 5) is 0. The van der Waals surface area contributed by atoms with Crippen LogP contribution in [0.1, 0.15) is 6.42 Å². The second-order valence-electron chi connectivity index (χ2n) is 3.26. The molecule has 0 atom stereocenters. The van der Waals surface area contributed by atoms with Crippen LogP contribution in [0.4, 0.5) is 0 Å². The highest BCUT2D eigenvalue weighted by atomic mass is 28.4. The van der Waals surface area contributed by atoms with Crippen molar-refractivity contribution in [2.24, 2.45) is 0 Å². The molecule has 4 heteroatoms. The van der Waals surface area contributed by atoms with Crippen LogP contribution < -0.4 is 5.19 Å². The van der Waals surface area contributed by atoms with Crippen molar-refractivity contribution in [1.29, 1.82) is 0 Å². The largest absolute Gasteiger partial charge is 0.536 e. The van der Waals surface area contributed by atoms with Gasteiger partial charge in [0, 0.05) is 26.0 Å². The lowest BCUT2D eigenvalue weighted by Gasteiger charge is -2.26. The number of benzene rings is 1. The van der Waals surface area contributed by atoms with Crippen LogP contribution in [0.5, 0.6) is 0 Å². The van der Waals surface area contributed by atoms with Crippen LogP contribution >= 0.6 is 0 Å². The molecular formula is C12H18O3Si. The van der Waals surface area contributed by atoms with Gasteiger partial charge in [-0.1, -0.05) is 36.4 Å². The minimum atomic E-state index is -2.70. The molecule has 0 N–H and O–H groups in total. The molecule has 0 spiro atoms. The van der Waals surface area contributed by atoms with Gasteiger partial charge in [-0.05, 0) is 6.42 Å². The maximum Gasteiger partial charge on any atom is 0.536 e. The summed E-state index contributed by atoms with van der Waals surface area (Å²) in [5.74, 6) is 0. The first-order valence-electron chi connectivity index (χ1n) is 5.19. The standard InChI is InChI=1S/C12H18O3Si/c1-4-5-11-15-16(13-2,14-3)12-9-7-6-8-10-12/h4,6-10H,1,5,11H2,2-3H3. The van der Waals surface area contributed by atoms with Crippen molar-refractivity contribution >= 4 is 14.0 Å². The summed E-state index contributed by atoms with van der Waals surface area (Å²) in [5, 5.41) is 0.976. The summed E-state index contributed by atoms with van der Waals surface area (Å²) >= 11 is 0. The summed E-state index contributed by atoms with van der Waals surface area (Å²) < 4.78 is 16.7. The Bertz CT molecular complexity index is 309. The molecule has 0 saturated heterocycles. The Balaban J connectivity index is 2.83. The lowest BCUT2D eigenvalue weighted by Crippen LogP contribution is -2.55.